The predicted octanol–water partition coefficient (Wildman–Crippen LogP) is -0.265. The molecule has 0 saturated carbocycles. The largest absolute Gasteiger partial charge is 0.508 e. The Morgan fingerprint density at radius 3 is 2.88 bits per heavy atom. The Bertz CT molecular complexity index is 1300. The molecule has 2 aromatic heterocycles. The normalized spacial score (nSPS) is 16.9. The number of aryl methyl sites for hydroxylation is 1. The molecule has 3 aromatic rings. The quantitative estimate of drug-likeness (QED) is 0.452. The Hall–Kier alpha value is -3.49. The summed E-state index contributed by atoms with van der Waals surface area (Å²) in [6.45, 7) is 2.86. The van der Waals surface area contributed by atoms with E-state index >= 15 is 0 Å². The van der Waals surface area contributed by atoms with Crippen LogP contribution in [0, 0.1) is 6.92 Å². The van der Waals surface area contributed by atoms with E-state index in [0.717, 1.165) is 11.8 Å². The summed E-state index contributed by atoms with van der Waals surface area (Å²) in [5, 5.41) is 24.6. The van der Waals surface area contributed by atoms with Gasteiger partial charge in [-0.15, -0.1) is 10.2 Å². The molecule has 1 aliphatic heterocycles. The number of carbonyl (C=O) groups excluding carboxylic acids is 1. The zero-order chi connectivity index (χ0) is 24.3. The molecule has 1 aliphatic rings. The summed E-state index contributed by atoms with van der Waals surface area (Å²) in [6.07, 6.45) is 0.743. The molecule has 0 radical (unpaired) electrons. The van der Waals surface area contributed by atoms with Gasteiger partial charge in [0.2, 0.25) is 15.8 Å². The number of aromatic nitrogens is 6. The van der Waals surface area contributed by atoms with E-state index in [1.165, 1.54) is 15.2 Å². The Morgan fingerprint density at radius 2 is 2.12 bits per heavy atom. The zero-order valence-electron chi connectivity index (χ0n) is 18.6. The maximum absolute atomic E-state index is 12.6. The number of phenolic OH excluding ortho intramolecular Hbond substituents is 1. The highest BCUT2D eigenvalue weighted by atomic mass is 32.2. The smallest absolute Gasteiger partial charge is 0.270 e. The van der Waals surface area contributed by atoms with E-state index in [1.54, 1.807) is 31.2 Å². The predicted molar refractivity (Wildman–Crippen MR) is 119 cm³/mol. The van der Waals surface area contributed by atoms with Crippen LogP contribution < -0.4 is 5.32 Å². The van der Waals surface area contributed by atoms with Crippen molar-refractivity contribution < 1.29 is 23.1 Å². The number of hydrogen-bond donors (Lipinski definition) is 2. The van der Waals surface area contributed by atoms with E-state index in [2.05, 4.69) is 30.7 Å². The van der Waals surface area contributed by atoms with Gasteiger partial charge in [0, 0.05) is 19.6 Å². The van der Waals surface area contributed by atoms with Gasteiger partial charge in [0.15, 0.2) is 0 Å². The van der Waals surface area contributed by atoms with Gasteiger partial charge in [-0.2, -0.15) is 9.10 Å². The first-order valence-electron chi connectivity index (χ1n) is 10.4. The molecular formula is C20H24N8O5S. The minimum Gasteiger partial charge on any atom is -0.508 e. The lowest BCUT2D eigenvalue weighted by molar-refractivity contribution is -0.0141. The molecule has 1 fully saturated rings. The number of aromatic hydroxyl groups is 1. The van der Waals surface area contributed by atoms with Crippen molar-refractivity contribution in [2.75, 3.05) is 26.0 Å². The van der Waals surface area contributed by atoms with Gasteiger partial charge >= 0.3 is 0 Å². The summed E-state index contributed by atoms with van der Waals surface area (Å²) in [6, 6.07) is 8.05. The summed E-state index contributed by atoms with van der Waals surface area (Å²) in [4.78, 5) is 22.4. The van der Waals surface area contributed by atoms with Gasteiger partial charge in [0.05, 0.1) is 25.5 Å². The first kappa shape index (κ1) is 23.7. The minimum absolute atomic E-state index is 0.115. The third kappa shape index (κ3) is 5.89. The molecule has 34 heavy (non-hydrogen) atoms. The number of ether oxygens (including phenoxy) is 1. The summed E-state index contributed by atoms with van der Waals surface area (Å²) in [7, 11) is -3.31. The second kappa shape index (κ2) is 9.79. The second-order valence-electron chi connectivity index (χ2n) is 7.82. The maximum Gasteiger partial charge on any atom is 0.270 e. The fraction of sp³-hybridized carbons (Fsp3) is 0.400. The lowest BCUT2D eigenvalue weighted by Crippen LogP contribution is -2.46. The average Bonchev–Trinajstić information content (AvgIpc) is 3.25. The van der Waals surface area contributed by atoms with Gasteiger partial charge in [0.1, 0.15) is 23.0 Å². The molecule has 1 amide bonds. The van der Waals surface area contributed by atoms with Gasteiger partial charge in [-0.05, 0) is 35.9 Å². The van der Waals surface area contributed by atoms with E-state index in [1.807, 2.05) is 0 Å². The number of sulfonamides is 1. The summed E-state index contributed by atoms with van der Waals surface area (Å²) < 4.78 is 30.6. The molecule has 180 valence electrons. The van der Waals surface area contributed by atoms with Crippen molar-refractivity contribution >= 4 is 15.9 Å². The van der Waals surface area contributed by atoms with Crippen molar-refractivity contribution in [3.63, 3.8) is 0 Å². The van der Waals surface area contributed by atoms with Crippen molar-refractivity contribution in [3.05, 3.63) is 47.4 Å². The fourth-order valence-electron chi connectivity index (χ4n) is 3.45. The van der Waals surface area contributed by atoms with E-state index < -0.39 is 22.0 Å². The summed E-state index contributed by atoms with van der Waals surface area (Å²) >= 11 is 0. The second-order valence-corrected chi connectivity index (χ2v) is 9.80. The van der Waals surface area contributed by atoms with Gasteiger partial charge < -0.3 is 15.2 Å². The van der Waals surface area contributed by atoms with Crippen molar-refractivity contribution in [3.8, 4) is 17.3 Å². The van der Waals surface area contributed by atoms with Crippen LogP contribution in [0.3, 0.4) is 0 Å². The monoisotopic (exact) mass is 488 g/mol. The summed E-state index contributed by atoms with van der Waals surface area (Å²) in [5.41, 5.74) is 1.20. The molecule has 1 aromatic carbocycles. The third-order valence-corrected chi connectivity index (χ3v) is 6.32. The van der Waals surface area contributed by atoms with Gasteiger partial charge in [-0.1, -0.05) is 12.1 Å². The number of amides is 1. The van der Waals surface area contributed by atoms with Gasteiger partial charge in [-0.3, -0.25) is 4.79 Å². The zero-order valence-corrected chi connectivity index (χ0v) is 19.4. The number of benzene rings is 1. The van der Waals surface area contributed by atoms with Crippen molar-refractivity contribution in [1.29, 1.82) is 0 Å². The Labute approximate surface area is 195 Å². The number of rotatable bonds is 7. The number of nitrogens with zero attached hydrogens (tertiary/aromatic N) is 7. The Balaban J connectivity index is 1.44. The number of carbonyl (C=O) groups is 1. The molecule has 1 saturated heterocycles. The van der Waals surface area contributed by atoms with Gasteiger partial charge in [0.25, 0.3) is 5.91 Å². The highest BCUT2D eigenvalue weighted by Gasteiger charge is 2.27. The number of phenols is 1. The lowest BCUT2D eigenvalue weighted by Gasteiger charge is -2.30. The number of nitrogens with one attached hydrogen (secondary N) is 1. The van der Waals surface area contributed by atoms with Crippen LogP contribution in [-0.2, 0) is 27.8 Å². The fourth-order valence-corrected chi connectivity index (χ4v) is 4.29. The number of morpholine rings is 1. The van der Waals surface area contributed by atoms with Crippen molar-refractivity contribution in [1.82, 2.24) is 39.8 Å². The lowest BCUT2D eigenvalue weighted by atomic mass is 10.2. The molecule has 0 bridgehead atoms. The molecular weight excluding hydrogens is 464 g/mol. The van der Waals surface area contributed by atoms with Crippen LogP contribution in [0.15, 0.2) is 30.3 Å². The minimum atomic E-state index is -3.31. The first-order chi connectivity index (χ1) is 16.2. The van der Waals surface area contributed by atoms with Crippen LogP contribution in [-0.4, -0.2) is 86.0 Å². The molecule has 3 heterocycles. The molecule has 1 atom stereocenters. The first-order valence-corrected chi connectivity index (χ1v) is 12.3. The average molecular weight is 489 g/mol. The molecule has 14 heteroatoms. The van der Waals surface area contributed by atoms with E-state index in [-0.39, 0.29) is 43.5 Å². The SMILES string of the molecule is Cc1nc(C(=O)NCc2cccc(O)c2)cc(-c2nnn(C[C@@H]3CN(S(C)(=O)=O)CCO3)n2)n1. The van der Waals surface area contributed by atoms with E-state index in [0.29, 0.717) is 18.1 Å². The van der Waals surface area contributed by atoms with Crippen LogP contribution >= 0.6 is 0 Å². The Morgan fingerprint density at radius 1 is 1.29 bits per heavy atom. The number of hydrogen-bond acceptors (Lipinski definition) is 10. The van der Waals surface area contributed by atoms with E-state index in [4.69, 9.17) is 4.74 Å². The van der Waals surface area contributed by atoms with Crippen LogP contribution in [0.5, 0.6) is 5.75 Å². The molecule has 0 spiro atoms. The highest BCUT2D eigenvalue weighted by Crippen LogP contribution is 2.15. The van der Waals surface area contributed by atoms with Crippen LogP contribution in [0.25, 0.3) is 11.5 Å². The summed E-state index contributed by atoms with van der Waals surface area (Å²) in [5.74, 6) is 0.252. The molecule has 13 nitrogen and oxygen atoms in total. The van der Waals surface area contributed by atoms with Crippen molar-refractivity contribution in [2.24, 2.45) is 0 Å². The molecule has 0 aliphatic carbocycles. The maximum atomic E-state index is 12.6. The van der Waals surface area contributed by atoms with Gasteiger partial charge in [-0.25, -0.2) is 18.4 Å². The van der Waals surface area contributed by atoms with Crippen LogP contribution in [0.1, 0.15) is 21.9 Å². The van der Waals surface area contributed by atoms with Crippen molar-refractivity contribution in [2.45, 2.75) is 26.1 Å². The molecule has 4 rings (SSSR count). The highest BCUT2D eigenvalue weighted by molar-refractivity contribution is 7.88. The molecule has 2 N–H and O–H groups in total. The Kier molecular flexibility index (Phi) is 6.81. The standard InChI is InChI=1S/C20H24N8O5S/c1-13-22-17(9-18(23-13)20(30)21-10-14-4-3-5-15(29)8-14)19-24-26-28(25-19)12-16-11-27(6-7-33-16)34(2,31)32/h3-5,8-9,16,29H,6-7,10-12H2,1-2H3,(H,21,30)/t16-/m0/s1. The van der Waals surface area contributed by atoms with Crippen LogP contribution in [0.4, 0.5) is 0 Å². The van der Waals surface area contributed by atoms with Crippen LogP contribution in [0.2, 0.25) is 0 Å². The van der Waals surface area contributed by atoms with E-state index in [9.17, 15) is 18.3 Å². The third-order valence-electron chi connectivity index (χ3n) is 5.05. The topological polar surface area (TPSA) is 165 Å². The molecule has 0 unspecified atom stereocenters. The number of tetrazole rings is 1.